The van der Waals surface area contributed by atoms with E-state index >= 15 is 0 Å². The van der Waals surface area contributed by atoms with Gasteiger partial charge in [-0.05, 0) is 31.1 Å². The summed E-state index contributed by atoms with van der Waals surface area (Å²) < 4.78 is 0. The fraction of sp³-hybridized carbons (Fsp3) is 1.00. The number of rotatable bonds is 6. The number of aliphatic hydroxyl groups is 3. The maximum absolute atomic E-state index is 10.3. The van der Waals surface area contributed by atoms with Gasteiger partial charge in [0.1, 0.15) is 6.29 Å². The van der Waals surface area contributed by atoms with Gasteiger partial charge in [-0.2, -0.15) is 0 Å². The van der Waals surface area contributed by atoms with Crippen molar-refractivity contribution in [1.29, 1.82) is 0 Å². The van der Waals surface area contributed by atoms with Gasteiger partial charge in [0.25, 0.3) is 0 Å². The van der Waals surface area contributed by atoms with Gasteiger partial charge in [-0.1, -0.05) is 32.6 Å². The molecule has 7 nitrogen and oxygen atoms in total. The molecule has 0 aromatic heterocycles. The van der Waals surface area contributed by atoms with E-state index < -0.39 is 18.5 Å². The van der Waals surface area contributed by atoms with Crippen LogP contribution in [0, 0.1) is 23.7 Å². The van der Waals surface area contributed by atoms with Gasteiger partial charge >= 0.3 is 0 Å². The van der Waals surface area contributed by atoms with Crippen LogP contribution in [0.4, 0.5) is 0 Å². The van der Waals surface area contributed by atoms with Crippen LogP contribution in [0.1, 0.15) is 51.9 Å². The molecule has 10 unspecified atom stereocenters. The highest BCUT2D eigenvalue weighted by Gasteiger charge is 2.44. The van der Waals surface area contributed by atoms with E-state index in [1.807, 2.05) is 0 Å². The van der Waals surface area contributed by atoms with Crippen LogP contribution >= 0.6 is 11.6 Å². The molecule has 2 aliphatic carbocycles. The predicted molar refractivity (Wildman–Crippen MR) is 106 cm³/mol. The first-order chi connectivity index (χ1) is 12.9. The van der Waals surface area contributed by atoms with Gasteiger partial charge in [0.05, 0.1) is 23.9 Å². The molecule has 3 fully saturated rings. The number of nitrogens with one attached hydrogen (secondary N) is 3. The van der Waals surface area contributed by atoms with Crippen molar-refractivity contribution in [2.24, 2.45) is 29.4 Å². The molecule has 0 radical (unpaired) electrons. The van der Waals surface area contributed by atoms with E-state index in [9.17, 15) is 15.3 Å². The fourth-order valence-corrected chi connectivity index (χ4v) is 5.65. The zero-order valence-corrected chi connectivity index (χ0v) is 17.0. The minimum Gasteiger partial charge on any atom is -0.396 e. The Morgan fingerprint density at radius 3 is 2.48 bits per heavy atom. The summed E-state index contributed by atoms with van der Waals surface area (Å²) in [5.74, 6) is 1.33. The Balaban J connectivity index is 1.61. The number of halogens is 1. The van der Waals surface area contributed by atoms with Crippen molar-refractivity contribution in [2.75, 3.05) is 6.61 Å². The van der Waals surface area contributed by atoms with Crippen molar-refractivity contribution in [3.05, 3.63) is 0 Å². The van der Waals surface area contributed by atoms with Crippen molar-refractivity contribution >= 4 is 11.6 Å². The Kier molecular flexibility index (Phi) is 7.78. The quantitative estimate of drug-likeness (QED) is 0.250. The number of alkyl halides is 1. The summed E-state index contributed by atoms with van der Waals surface area (Å²) in [4.78, 5) is 0. The van der Waals surface area contributed by atoms with Crippen molar-refractivity contribution in [3.63, 3.8) is 0 Å². The van der Waals surface area contributed by atoms with E-state index in [0.29, 0.717) is 6.42 Å². The van der Waals surface area contributed by atoms with Crippen LogP contribution in [0.5, 0.6) is 0 Å². The lowest BCUT2D eigenvalue weighted by Crippen LogP contribution is -2.70. The van der Waals surface area contributed by atoms with E-state index in [0.717, 1.165) is 24.7 Å². The summed E-state index contributed by atoms with van der Waals surface area (Å²) in [6.45, 7) is 2.23. The van der Waals surface area contributed by atoms with Crippen LogP contribution in [0.15, 0.2) is 0 Å². The zero-order chi connectivity index (χ0) is 19.6. The van der Waals surface area contributed by atoms with E-state index in [2.05, 4.69) is 22.9 Å². The van der Waals surface area contributed by atoms with Crippen LogP contribution in [-0.4, -0.2) is 58.1 Å². The molecule has 0 aromatic rings. The molecule has 2 saturated carbocycles. The molecule has 158 valence electrons. The Labute approximate surface area is 167 Å². The Morgan fingerprint density at radius 1 is 1.07 bits per heavy atom. The van der Waals surface area contributed by atoms with Gasteiger partial charge in [0.2, 0.25) is 0 Å². The second-order valence-electron chi connectivity index (χ2n) is 8.89. The standard InChI is InChI=1S/C19H37ClN4O3/c1-10-4-2-3-5-11(10)6-7-13-17(20)23-19(21)24-18(13)22-14-8-12(9-25)15(26)16(14)27/h10-19,22-27H,2-9,21H2,1H3. The average Bonchev–Trinajstić information content (AvgIpc) is 2.90. The lowest BCUT2D eigenvalue weighted by molar-refractivity contribution is -0.00419. The third-order valence-corrected chi connectivity index (χ3v) is 7.54. The third-order valence-electron chi connectivity index (χ3n) is 7.09. The molecule has 8 heteroatoms. The second-order valence-corrected chi connectivity index (χ2v) is 9.36. The minimum absolute atomic E-state index is 0.123. The van der Waals surface area contributed by atoms with Gasteiger partial charge in [0, 0.05) is 24.5 Å². The van der Waals surface area contributed by atoms with Crippen LogP contribution in [-0.2, 0) is 0 Å². The van der Waals surface area contributed by atoms with Crippen LogP contribution in [0.3, 0.4) is 0 Å². The van der Waals surface area contributed by atoms with Gasteiger partial charge in [-0.3, -0.25) is 16.0 Å². The molecule has 0 bridgehead atoms. The topological polar surface area (TPSA) is 123 Å². The van der Waals surface area contributed by atoms with Crippen molar-refractivity contribution in [3.8, 4) is 0 Å². The van der Waals surface area contributed by atoms with Gasteiger partial charge in [0.15, 0.2) is 0 Å². The second kappa shape index (κ2) is 9.67. The maximum atomic E-state index is 10.3. The lowest BCUT2D eigenvalue weighted by atomic mass is 9.76. The molecule has 8 N–H and O–H groups in total. The smallest absolute Gasteiger partial charge is 0.111 e. The van der Waals surface area contributed by atoms with E-state index in [4.69, 9.17) is 17.3 Å². The molecule has 10 atom stereocenters. The molecular formula is C19H37ClN4O3. The molecule has 27 heavy (non-hydrogen) atoms. The summed E-state index contributed by atoms with van der Waals surface area (Å²) >= 11 is 6.61. The normalized spacial score (nSPS) is 48.7. The molecule has 1 heterocycles. The molecule has 1 saturated heterocycles. The highest BCUT2D eigenvalue weighted by Crippen LogP contribution is 2.35. The summed E-state index contributed by atoms with van der Waals surface area (Å²) in [6, 6.07) is -0.292. The number of hydrogen-bond donors (Lipinski definition) is 7. The average molecular weight is 405 g/mol. The van der Waals surface area contributed by atoms with Crippen molar-refractivity contribution in [2.45, 2.75) is 88.1 Å². The molecule has 3 rings (SSSR count). The third kappa shape index (κ3) is 5.14. The van der Waals surface area contributed by atoms with E-state index in [1.165, 1.54) is 25.7 Å². The molecule has 0 aromatic carbocycles. The van der Waals surface area contributed by atoms with Crippen molar-refractivity contribution < 1.29 is 15.3 Å². The fourth-order valence-electron chi connectivity index (χ4n) is 5.24. The van der Waals surface area contributed by atoms with Gasteiger partial charge in [-0.15, -0.1) is 11.6 Å². The Bertz CT molecular complexity index is 474. The SMILES string of the molecule is CC1CCCCC1CCC1C(Cl)NC(N)NC1NC1CC(CO)C(O)C1O. The van der Waals surface area contributed by atoms with Crippen LogP contribution in [0.2, 0.25) is 0 Å². The summed E-state index contributed by atoms with van der Waals surface area (Å²) in [7, 11) is 0. The molecular weight excluding hydrogens is 368 g/mol. The first-order valence-corrected chi connectivity index (χ1v) is 11.0. The first-order valence-electron chi connectivity index (χ1n) is 10.6. The van der Waals surface area contributed by atoms with Gasteiger partial charge in [-0.25, -0.2) is 0 Å². The summed E-state index contributed by atoms with van der Waals surface area (Å²) in [5, 5.41) is 39.7. The monoisotopic (exact) mass is 404 g/mol. The van der Waals surface area contributed by atoms with Crippen molar-refractivity contribution in [1.82, 2.24) is 16.0 Å². The minimum atomic E-state index is -0.906. The maximum Gasteiger partial charge on any atom is 0.111 e. The lowest BCUT2D eigenvalue weighted by Gasteiger charge is -2.43. The summed E-state index contributed by atoms with van der Waals surface area (Å²) in [6.07, 6.45) is 5.54. The van der Waals surface area contributed by atoms with Crippen LogP contribution in [0.25, 0.3) is 0 Å². The molecule has 0 spiro atoms. The Morgan fingerprint density at radius 2 is 1.81 bits per heavy atom. The van der Waals surface area contributed by atoms with E-state index in [1.54, 1.807) is 0 Å². The number of hydrogen-bond acceptors (Lipinski definition) is 7. The summed E-state index contributed by atoms with van der Waals surface area (Å²) in [5.41, 5.74) is 5.78. The highest BCUT2D eigenvalue weighted by molar-refractivity contribution is 6.20. The van der Waals surface area contributed by atoms with E-state index in [-0.39, 0.29) is 36.2 Å². The molecule has 3 aliphatic rings. The zero-order valence-electron chi connectivity index (χ0n) is 16.2. The highest BCUT2D eigenvalue weighted by atomic mass is 35.5. The predicted octanol–water partition coefficient (Wildman–Crippen LogP) is 0.227. The number of nitrogens with two attached hydrogens (primary N) is 1. The first kappa shape index (κ1) is 21.7. The van der Waals surface area contributed by atoms with Gasteiger partial charge < -0.3 is 21.1 Å². The molecule has 0 amide bonds. The molecule has 1 aliphatic heterocycles. The number of aliphatic hydroxyl groups excluding tert-OH is 3. The largest absolute Gasteiger partial charge is 0.396 e. The van der Waals surface area contributed by atoms with Crippen LogP contribution < -0.4 is 21.7 Å². The Hall–Kier alpha value is 0.01000.